The smallest absolute Gasteiger partial charge is 0.246 e. The molecule has 0 aliphatic carbocycles. The third-order valence-electron chi connectivity index (χ3n) is 3.41. The monoisotopic (exact) mass is 273 g/mol. The average Bonchev–Trinajstić information content (AvgIpc) is 2.85. The quantitative estimate of drug-likeness (QED) is 0.902. The highest BCUT2D eigenvalue weighted by molar-refractivity contribution is 5.56. The van der Waals surface area contributed by atoms with Gasteiger partial charge in [-0.1, -0.05) is 0 Å². The van der Waals surface area contributed by atoms with Crippen LogP contribution >= 0.6 is 0 Å². The summed E-state index contributed by atoms with van der Waals surface area (Å²) in [6.45, 7) is 8.57. The first-order valence-corrected chi connectivity index (χ1v) is 6.71. The lowest BCUT2D eigenvalue weighted by Crippen LogP contribution is -2.29. The van der Waals surface area contributed by atoms with Crippen LogP contribution in [-0.2, 0) is 6.54 Å². The Hall–Kier alpha value is -2.17. The zero-order chi connectivity index (χ0) is 14.3. The molecule has 20 heavy (non-hydrogen) atoms. The Balaban J connectivity index is 1.74. The van der Waals surface area contributed by atoms with Crippen LogP contribution in [0.25, 0.3) is 0 Å². The van der Waals surface area contributed by atoms with Crippen molar-refractivity contribution >= 4 is 5.69 Å². The molecule has 3 rings (SSSR count). The Labute approximate surface area is 118 Å². The number of H-pyrrole nitrogens is 1. The van der Waals surface area contributed by atoms with Crippen molar-refractivity contribution in [2.75, 3.05) is 5.32 Å². The van der Waals surface area contributed by atoms with Crippen LogP contribution in [0.5, 0.6) is 11.5 Å². The van der Waals surface area contributed by atoms with E-state index in [9.17, 15) is 0 Å². The zero-order valence-corrected chi connectivity index (χ0v) is 12.2. The van der Waals surface area contributed by atoms with Gasteiger partial charge in [0.2, 0.25) is 5.79 Å². The molecule has 0 spiro atoms. The fraction of sp³-hybridized carbons (Fsp3) is 0.400. The molecule has 0 atom stereocenters. The molecule has 2 heterocycles. The number of ether oxygens (including phenoxy) is 2. The van der Waals surface area contributed by atoms with E-state index < -0.39 is 5.79 Å². The van der Waals surface area contributed by atoms with Crippen LogP contribution in [0.1, 0.15) is 30.8 Å². The molecular weight excluding hydrogens is 254 g/mol. The average molecular weight is 273 g/mol. The van der Waals surface area contributed by atoms with Gasteiger partial charge < -0.3 is 14.8 Å². The summed E-state index contributed by atoms with van der Waals surface area (Å²) < 4.78 is 11.4. The summed E-state index contributed by atoms with van der Waals surface area (Å²) in [5.41, 5.74) is 4.32. The molecule has 1 aliphatic heterocycles. The van der Waals surface area contributed by atoms with Gasteiger partial charge in [0.1, 0.15) is 0 Å². The third-order valence-corrected chi connectivity index (χ3v) is 3.41. The number of fused-ring (bicyclic) bond motifs is 1. The van der Waals surface area contributed by atoms with Crippen LogP contribution in [0.3, 0.4) is 0 Å². The van der Waals surface area contributed by atoms with Crippen LogP contribution in [-0.4, -0.2) is 16.0 Å². The van der Waals surface area contributed by atoms with Gasteiger partial charge in [-0.25, -0.2) is 0 Å². The number of nitrogens with zero attached hydrogens (tertiary/aromatic N) is 1. The second kappa shape index (κ2) is 4.44. The Morgan fingerprint density at radius 1 is 1.20 bits per heavy atom. The van der Waals surface area contributed by atoms with E-state index in [0.29, 0.717) is 0 Å². The topological polar surface area (TPSA) is 59.2 Å². The molecule has 5 nitrogen and oxygen atoms in total. The highest BCUT2D eigenvalue weighted by Gasteiger charge is 2.31. The van der Waals surface area contributed by atoms with Gasteiger partial charge in [-0.3, -0.25) is 5.10 Å². The molecule has 2 N–H and O–H groups in total. The van der Waals surface area contributed by atoms with Gasteiger partial charge >= 0.3 is 0 Å². The van der Waals surface area contributed by atoms with Crippen LogP contribution in [0.4, 0.5) is 5.69 Å². The summed E-state index contributed by atoms with van der Waals surface area (Å²) in [6.07, 6.45) is 0. The highest BCUT2D eigenvalue weighted by Crippen LogP contribution is 2.40. The minimum Gasteiger partial charge on any atom is -0.449 e. The molecule has 5 heteroatoms. The van der Waals surface area contributed by atoms with Crippen LogP contribution in [0.2, 0.25) is 0 Å². The molecule has 1 aliphatic rings. The highest BCUT2D eigenvalue weighted by atomic mass is 16.7. The van der Waals surface area contributed by atoms with Crippen molar-refractivity contribution in [3.8, 4) is 11.5 Å². The van der Waals surface area contributed by atoms with E-state index in [-0.39, 0.29) is 0 Å². The van der Waals surface area contributed by atoms with Gasteiger partial charge in [0.25, 0.3) is 0 Å². The Morgan fingerprint density at radius 3 is 2.65 bits per heavy atom. The maximum absolute atomic E-state index is 5.74. The molecule has 0 radical (unpaired) electrons. The number of anilines is 1. The number of hydrogen-bond acceptors (Lipinski definition) is 4. The minimum absolute atomic E-state index is 0.585. The van der Waals surface area contributed by atoms with Crippen molar-refractivity contribution in [2.45, 2.75) is 40.0 Å². The number of nitrogens with one attached hydrogen (secondary N) is 2. The summed E-state index contributed by atoms with van der Waals surface area (Å²) >= 11 is 0. The molecule has 0 unspecified atom stereocenters. The Morgan fingerprint density at radius 2 is 1.95 bits per heavy atom. The number of benzene rings is 1. The zero-order valence-electron chi connectivity index (χ0n) is 12.2. The summed E-state index contributed by atoms with van der Waals surface area (Å²) in [7, 11) is 0. The first-order chi connectivity index (χ1) is 9.44. The van der Waals surface area contributed by atoms with Gasteiger partial charge in [0.15, 0.2) is 11.5 Å². The first kappa shape index (κ1) is 12.8. The first-order valence-electron chi connectivity index (χ1n) is 6.71. The second-order valence-corrected chi connectivity index (χ2v) is 5.53. The van der Waals surface area contributed by atoms with Crippen molar-refractivity contribution in [3.63, 3.8) is 0 Å². The number of aromatic nitrogens is 2. The number of aryl methyl sites for hydroxylation is 2. The van der Waals surface area contributed by atoms with E-state index in [2.05, 4.69) is 15.5 Å². The molecule has 1 aromatic carbocycles. The van der Waals surface area contributed by atoms with Crippen LogP contribution in [0.15, 0.2) is 18.2 Å². The van der Waals surface area contributed by atoms with Gasteiger partial charge in [-0.05, 0) is 26.0 Å². The summed E-state index contributed by atoms with van der Waals surface area (Å²) in [5.74, 6) is 0.982. The van der Waals surface area contributed by atoms with Gasteiger partial charge in [0, 0.05) is 43.4 Å². The van der Waals surface area contributed by atoms with E-state index in [1.54, 1.807) is 0 Å². The van der Waals surface area contributed by atoms with Crippen molar-refractivity contribution in [3.05, 3.63) is 35.2 Å². The lowest BCUT2D eigenvalue weighted by molar-refractivity contribution is -0.0431. The van der Waals surface area contributed by atoms with Crippen molar-refractivity contribution in [1.29, 1.82) is 0 Å². The third kappa shape index (κ3) is 2.31. The SMILES string of the molecule is Cc1n[nH]c(C)c1CNc1ccc2c(c1)OC(C)(C)O2. The molecule has 1 aromatic heterocycles. The van der Waals surface area contributed by atoms with E-state index in [4.69, 9.17) is 9.47 Å². The molecular formula is C15H19N3O2. The van der Waals surface area contributed by atoms with Crippen molar-refractivity contribution in [2.24, 2.45) is 0 Å². The normalized spacial score (nSPS) is 15.4. The molecule has 0 saturated heterocycles. The lowest BCUT2D eigenvalue weighted by Gasteiger charge is -2.16. The van der Waals surface area contributed by atoms with E-state index in [1.165, 1.54) is 5.56 Å². The van der Waals surface area contributed by atoms with E-state index in [0.717, 1.165) is 35.1 Å². The van der Waals surface area contributed by atoms with E-state index >= 15 is 0 Å². The van der Waals surface area contributed by atoms with Crippen LogP contribution in [0, 0.1) is 13.8 Å². The molecule has 0 saturated carbocycles. The summed E-state index contributed by atoms with van der Waals surface area (Å²) in [6, 6.07) is 5.89. The van der Waals surface area contributed by atoms with Gasteiger partial charge in [0.05, 0.1) is 5.69 Å². The molecule has 0 fully saturated rings. The predicted octanol–water partition coefficient (Wildman–Crippen LogP) is 3.15. The number of hydrogen-bond donors (Lipinski definition) is 2. The fourth-order valence-electron chi connectivity index (χ4n) is 2.36. The van der Waals surface area contributed by atoms with Crippen molar-refractivity contribution < 1.29 is 9.47 Å². The molecule has 2 aromatic rings. The predicted molar refractivity (Wildman–Crippen MR) is 77.2 cm³/mol. The number of aromatic amines is 1. The number of rotatable bonds is 3. The largest absolute Gasteiger partial charge is 0.449 e. The maximum atomic E-state index is 5.74. The molecule has 0 amide bonds. The van der Waals surface area contributed by atoms with Gasteiger partial charge in [-0.15, -0.1) is 0 Å². The molecule has 0 bridgehead atoms. The fourth-order valence-corrected chi connectivity index (χ4v) is 2.36. The van der Waals surface area contributed by atoms with Gasteiger partial charge in [-0.2, -0.15) is 5.10 Å². The summed E-state index contributed by atoms with van der Waals surface area (Å²) in [5, 5.41) is 10.6. The van der Waals surface area contributed by atoms with Crippen LogP contribution < -0.4 is 14.8 Å². The second-order valence-electron chi connectivity index (χ2n) is 5.53. The Bertz CT molecular complexity index is 627. The molecule has 106 valence electrons. The Kier molecular flexibility index (Phi) is 2.85. The summed E-state index contributed by atoms with van der Waals surface area (Å²) in [4.78, 5) is 0. The lowest BCUT2D eigenvalue weighted by atomic mass is 10.2. The maximum Gasteiger partial charge on any atom is 0.246 e. The van der Waals surface area contributed by atoms with Crippen molar-refractivity contribution in [1.82, 2.24) is 10.2 Å². The minimum atomic E-state index is -0.585. The standard InChI is InChI=1S/C15H19N3O2/c1-9-12(10(2)18-17-9)8-16-11-5-6-13-14(7-11)20-15(3,4)19-13/h5-7,16H,8H2,1-4H3,(H,17,18). The van der Waals surface area contributed by atoms with E-state index in [1.807, 2.05) is 45.9 Å².